The molecule has 1 unspecified atom stereocenters. The third-order valence-corrected chi connectivity index (χ3v) is 3.62. The second-order valence-electron chi connectivity index (χ2n) is 3.48. The van der Waals surface area contributed by atoms with Gasteiger partial charge in [0.1, 0.15) is 6.04 Å². The fourth-order valence-corrected chi connectivity index (χ4v) is 2.72. The molecule has 0 aliphatic carbocycles. The molecular weight excluding hydrogens is 233 g/mol. The summed E-state index contributed by atoms with van der Waals surface area (Å²) in [4.78, 5) is 10.7. The first-order chi connectivity index (χ1) is 7.58. The Morgan fingerprint density at radius 1 is 1.56 bits per heavy atom. The molecular formula is C10H10FNO3S. The Kier molecular flexibility index (Phi) is 3.02. The van der Waals surface area contributed by atoms with Crippen LogP contribution in [0, 0.1) is 5.82 Å². The van der Waals surface area contributed by atoms with E-state index < -0.39 is 23.6 Å². The van der Waals surface area contributed by atoms with Gasteiger partial charge < -0.3 is 10.2 Å². The second kappa shape index (κ2) is 4.31. The van der Waals surface area contributed by atoms with Crippen LogP contribution in [-0.2, 0) is 4.79 Å². The predicted molar refractivity (Wildman–Crippen MR) is 57.8 cm³/mol. The van der Waals surface area contributed by atoms with Crippen LogP contribution in [0.25, 0.3) is 0 Å². The molecule has 3 N–H and O–H groups in total. The number of aromatic hydroxyl groups is 1. The van der Waals surface area contributed by atoms with E-state index in [0.29, 0.717) is 11.3 Å². The quantitative estimate of drug-likeness (QED) is 0.731. The van der Waals surface area contributed by atoms with Gasteiger partial charge in [-0.2, -0.15) is 0 Å². The molecule has 2 rings (SSSR count). The number of carboxylic acids is 1. The minimum Gasteiger partial charge on any atom is -0.505 e. The smallest absolute Gasteiger partial charge is 0.321 e. The molecule has 0 saturated carbocycles. The van der Waals surface area contributed by atoms with Gasteiger partial charge in [0.05, 0.1) is 5.37 Å². The highest BCUT2D eigenvalue weighted by Gasteiger charge is 2.30. The lowest BCUT2D eigenvalue weighted by Crippen LogP contribution is -2.33. The molecule has 86 valence electrons. The van der Waals surface area contributed by atoms with Crippen molar-refractivity contribution in [2.45, 2.75) is 11.4 Å². The van der Waals surface area contributed by atoms with Gasteiger partial charge in [0.25, 0.3) is 0 Å². The van der Waals surface area contributed by atoms with Crippen LogP contribution in [0.1, 0.15) is 10.9 Å². The maximum atomic E-state index is 13.1. The van der Waals surface area contributed by atoms with Gasteiger partial charge in [-0.25, -0.2) is 4.39 Å². The van der Waals surface area contributed by atoms with E-state index in [1.54, 1.807) is 6.07 Å². The first kappa shape index (κ1) is 11.2. The molecule has 1 heterocycles. The van der Waals surface area contributed by atoms with E-state index >= 15 is 0 Å². The number of rotatable bonds is 2. The molecule has 0 aromatic heterocycles. The number of hydrogen-bond acceptors (Lipinski definition) is 4. The van der Waals surface area contributed by atoms with Crippen molar-refractivity contribution in [3.63, 3.8) is 0 Å². The average molecular weight is 243 g/mol. The van der Waals surface area contributed by atoms with E-state index in [2.05, 4.69) is 5.32 Å². The summed E-state index contributed by atoms with van der Waals surface area (Å²) < 4.78 is 13.1. The lowest BCUT2D eigenvalue weighted by molar-refractivity contribution is -0.138. The van der Waals surface area contributed by atoms with Crippen molar-refractivity contribution in [2.75, 3.05) is 5.75 Å². The Morgan fingerprint density at radius 2 is 2.31 bits per heavy atom. The molecule has 1 fully saturated rings. The third kappa shape index (κ3) is 2.12. The van der Waals surface area contributed by atoms with Gasteiger partial charge in [-0.15, -0.1) is 11.8 Å². The van der Waals surface area contributed by atoms with Gasteiger partial charge in [0, 0.05) is 5.75 Å². The highest BCUT2D eigenvalue weighted by molar-refractivity contribution is 7.99. The van der Waals surface area contributed by atoms with Gasteiger partial charge in [-0.05, 0) is 17.7 Å². The van der Waals surface area contributed by atoms with E-state index in [4.69, 9.17) is 10.2 Å². The second-order valence-corrected chi connectivity index (χ2v) is 4.62. The van der Waals surface area contributed by atoms with Gasteiger partial charge in [-0.1, -0.05) is 6.07 Å². The predicted octanol–water partition coefficient (Wildman–Crippen LogP) is 1.32. The van der Waals surface area contributed by atoms with Crippen molar-refractivity contribution in [3.8, 4) is 5.75 Å². The van der Waals surface area contributed by atoms with Crippen LogP contribution in [0.4, 0.5) is 4.39 Å². The largest absolute Gasteiger partial charge is 0.505 e. The number of nitrogens with one attached hydrogen (secondary N) is 1. The van der Waals surface area contributed by atoms with Crippen LogP contribution in [0.5, 0.6) is 5.75 Å². The Bertz CT molecular complexity index is 427. The topological polar surface area (TPSA) is 69.6 Å². The summed E-state index contributed by atoms with van der Waals surface area (Å²) in [5.41, 5.74) is 0.629. The van der Waals surface area contributed by atoms with E-state index in [1.165, 1.54) is 23.9 Å². The zero-order valence-corrected chi connectivity index (χ0v) is 9.00. The molecule has 1 aliphatic heterocycles. The number of carbonyl (C=O) groups is 1. The van der Waals surface area contributed by atoms with Gasteiger partial charge in [0.15, 0.2) is 11.6 Å². The fourth-order valence-electron chi connectivity index (χ4n) is 1.49. The SMILES string of the molecule is O=C(O)[C@@H]1CSC(c2ccc(O)c(F)c2)N1. The number of thioether (sulfide) groups is 1. The Balaban J connectivity index is 2.14. The summed E-state index contributed by atoms with van der Waals surface area (Å²) in [6, 6.07) is 3.45. The third-order valence-electron chi connectivity index (χ3n) is 2.35. The normalized spacial score (nSPS) is 24.6. The molecule has 4 nitrogen and oxygen atoms in total. The molecule has 16 heavy (non-hydrogen) atoms. The fraction of sp³-hybridized carbons (Fsp3) is 0.300. The number of phenolic OH excluding ortho intramolecular Hbond substituents is 1. The summed E-state index contributed by atoms with van der Waals surface area (Å²) in [5, 5.41) is 20.4. The number of benzene rings is 1. The summed E-state index contributed by atoms with van der Waals surface area (Å²) in [7, 11) is 0. The summed E-state index contributed by atoms with van der Waals surface area (Å²) >= 11 is 1.41. The Labute approximate surface area is 95.5 Å². The van der Waals surface area contributed by atoms with Crippen molar-refractivity contribution < 1.29 is 19.4 Å². The minimum absolute atomic E-state index is 0.240. The van der Waals surface area contributed by atoms with Crippen LogP contribution >= 0.6 is 11.8 Å². The lowest BCUT2D eigenvalue weighted by Gasteiger charge is -2.11. The Hall–Kier alpha value is -1.27. The van der Waals surface area contributed by atoms with Crippen LogP contribution < -0.4 is 5.32 Å². The average Bonchev–Trinajstić information content (AvgIpc) is 2.71. The zero-order chi connectivity index (χ0) is 11.7. The van der Waals surface area contributed by atoms with Crippen molar-refractivity contribution >= 4 is 17.7 Å². The summed E-state index contributed by atoms with van der Waals surface area (Å²) in [6.45, 7) is 0. The first-order valence-corrected chi connectivity index (χ1v) is 5.71. The molecule has 6 heteroatoms. The molecule has 0 amide bonds. The summed E-state index contributed by atoms with van der Waals surface area (Å²) in [6.07, 6.45) is 0. The maximum absolute atomic E-state index is 13.1. The number of aliphatic carboxylic acids is 1. The molecule has 0 radical (unpaired) electrons. The number of phenols is 1. The van der Waals surface area contributed by atoms with E-state index in [1.807, 2.05) is 0 Å². The maximum Gasteiger partial charge on any atom is 0.321 e. The van der Waals surface area contributed by atoms with Gasteiger partial charge >= 0.3 is 5.97 Å². The van der Waals surface area contributed by atoms with Crippen LogP contribution in [0.2, 0.25) is 0 Å². The number of hydrogen-bond donors (Lipinski definition) is 3. The molecule has 0 bridgehead atoms. The van der Waals surface area contributed by atoms with E-state index in [-0.39, 0.29) is 5.37 Å². The highest BCUT2D eigenvalue weighted by atomic mass is 32.2. The van der Waals surface area contributed by atoms with Crippen LogP contribution in [0.15, 0.2) is 18.2 Å². The van der Waals surface area contributed by atoms with Crippen molar-refractivity contribution in [3.05, 3.63) is 29.6 Å². The lowest BCUT2D eigenvalue weighted by atomic mass is 10.2. The van der Waals surface area contributed by atoms with Crippen molar-refractivity contribution in [1.29, 1.82) is 0 Å². The van der Waals surface area contributed by atoms with Gasteiger partial charge in [0.2, 0.25) is 0 Å². The monoisotopic (exact) mass is 243 g/mol. The zero-order valence-electron chi connectivity index (χ0n) is 8.18. The molecule has 1 aromatic rings. The summed E-state index contributed by atoms with van der Waals surface area (Å²) in [5.74, 6) is -1.56. The van der Waals surface area contributed by atoms with Crippen LogP contribution in [0.3, 0.4) is 0 Å². The van der Waals surface area contributed by atoms with Crippen molar-refractivity contribution in [1.82, 2.24) is 5.32 Å². The van der Waals surface area contributed by atoms with E-state index in [0.717, 1.165) is 0 Å². The molecule has 0 spiro atoms. The van der Waals surface area contributed by atoms with Gasteiger partial charge in [-0.3, -0.25) is 10.1 Å². The van der Waals surface area contributed by atoms with Crippen LogP contribution in [-0.4, -0.2) is 28.0 Å². The highest BCUT2D eigenvalue weighted by Crippen LogP contribution is 2.34. The number of halogens is 1. The minimum atomic E-state index is -0.908. The standard InChI is InChI=1S/C10H10FNO3S/c11-6-3-5(1-2-8(6)13)9-12-7(4-16-9)10(14)15/h1-3,7,9,12-13H,4H2,(H,14,15)/t7-,9?/m0/s1. The molecule has 1 aromatic carbocycles. The van der Waals surface area contributed by atoms with E-state index in [9.17, 15) is 9.18 Å². The first-order valence-electron chi connectivity index (χ1n) is 4.67. The molecule has 2 atom stereocenters. The van der Waals surface area contributed by atoms with Crippen molar-refractivity contribution in [2.24, 2.45) is 0 Å². The molecule has 1 saturated heterocycles. The molecule has 1 aliphatic rings. The Morgan fingerprint density at radius 3 is 2.88 bits per heavy atom. The number of carboxylic acid groups (broad SMARTS) is 1.